The summed E-state index contributed by atoms with van der Waals surface area (Å²) in [7, 11) is 2.10. The Morgan fingerprint density at radius 2 is 1.54 bits per heavy atom. The summed E-state index contributed by atoms with van der Waals surface area (Å²) in [6.07, 6.45) is 0. The monoisotopic (exact) mass is 484 g/mol. The molecule has 4 nitrogen and oxygen atoms in total. The van der Waals surface area contributed by atoms with Crippen molar-refractivity contribution in [2.45, 2.75) is 6.92 Å². The van der Waals surface area contributed by atoms with Gasteiger partial charge in [-0.2, -0.15) is 13.9 Å². The van der Waals surface area contributed by atoms with E-state index in [4.69, 9.17) is 4.42 Å². The number of rotatable bonds is 3. The van der Waals surface area contributed by atoms with Crippen LogP contribution in [0, 0.1) is 12.9 Å². The summed E-state index contributed by atoms with van der Waals surface area (Å²) in [6.45, 7) is 2.08. The standard InChI is InChI=1S/C32H23FN3O/c1-20-18-29-25(23-16-17-30(33)34-31(23)37-29)19-24(20)32-35(2)27-14-8-9-15-28(27)36(32)26-13-7-6-12-22(26)21-10-4-3-5-11-21/h3-19H,1-2H3/q+1. The number of fused-ring (bicyclic) bond motifs is 4. The minimum Gasteiger partial charge on any atom is -0.438 e. The Hall–Kier alpha value is -4.77. The van der Waals surface area contributed by atoms with Gasteiger partial charge in [-0.05, 0) is 60.5 Å². The van der Waals surface area contributed by atoms with E-state index in [2.05, 4.69) is 107 Å². The largest absolute Gasteiger partial charge is 0.438 e. The van der Waals surface area contributed by atoms with Crippen molar-refractivity contribution in [3.63, 3.8) is 0 Å². The third-order valence-electron chi connectivity index (χ3n) is 7.13. The Labute approximate surface area is 212 Å². The first kappa shape index (κ1) is 21.5. The number of aromatic nitrogens is 3. The second kappa shape index (κ2) is 8.14. The first-order chi connectivity index (χ1) is 18.1. The quantitative estimate of drug-likeness (QED) is 0.192. The summed E-state index contributed by atoms with van der Waals surface area (Å²) in [5.41, 5.74) is 8.79. The lowest BCUT2D eigenvalue weighted by atomic mass is 10.0. The van der Waals surface area contributed by atoms with Crippen molar-refractivity contribution in [1.29, 1.82) is 0 Å². The maximum Gasteiger partial charge on any atom is 0.295 e. The highest BCUT2D eigenvalue weighted by Gasteiger charge is 2.29. The van der Waals surface area contributed by atoms with Gasteiger partial charge in [-0.25, -0.2) is 4.57 Å². The van der Waals surface area contributed by atoms with Gasteiger partial charge in [0.05, 0.1) is 12.6 Å². The molecule has 0 radical (unpaired) electrons. The van der Waals surface area contributed by atoms with Crippen LogP contribution in [-0.2, 0) is 7.05 Å². The number of hydrogen-bond donors (Lipinski definition) is 0. The fourth-order valence-corrected chi connectivity index (χ4v) is 5.41. The van der Waals surface area contributed by atoms with E-state index in [0.717, 1.165) is 55.6 Å². The van der Waals surface area contributed by atoms with Crippen LogP contribution in [0.5, 0.6) is 0 Å². The molecule has 0 fully saturated rings. The van der Waals surface area contributed by atoms with Gasteiger partial charge in [0.15, 0.2) is 11.0 Å². The molecule has 0 N–H and O–H groups in total. The van der Waals surface area contributed by atoms with Crippen LogP contribution in [0.2, 0.25) is 0 Å². The molecular weight excluding hydrogens is 461 g/mol. The molecule has 0 saturated heterocycles. The number of pyridine rings is 1. The number of halogens is 1. The minimum atomic E-state index is -0.549. The van der Waals surface area contributed by atoms with E-state index in [1.807, 2.05) is 12.1 Å². The maximum atomic E-state index is 13.8. The number of nitrogens with zero attached hydrogens (tertiary/aromatic N) is 3. The molecule has 0 aliphatic rings. The molecule has 0 bridgehead atoms. The summed E-state index contributed by atoms with van der Waals surface area (Å²) in [4.78, 5) is 3.96. The molecule has 0 aliphatic heterocycles. The normalized spacial score (nSPS) is 11.6. The van der Waals surface area contributed by atoms with Crippen LogP contribution in [0.3, 0.4) is 0 Å². The third kappa shape index (κ3) is 3.28. The highest BCUT2D eigenvalue weighted by atomic mass is 19.1. The molecule has 0 spiro atoms. The van der Waals surface area contributed by atoms with Gasteiger partial charge < -0.3 is 4.42 Å². The van der Waals surface area contributed by atoms with Gasteiger partial charge >= 0.3 is 0 Å². The van der Waals surface area contributed by atoms with Gasteiger partial charge in [0.1, 0.15) is 11.3 Å². The molecular formula is C32H23FN3O+. The summed E-state index contributed by atoms with van der Waals surface area (Å²) < 4.78 is 24.3. The Balaban J connectivity index is 1.59. The highest BCUT2D eigenvalue weighted by Crippen LogP contribution is 2.37. The maximum absolute atomic E-state index is 13.8. The van der Waals surface area contributed by atoms with Crippen LogP contribution in [-0.4, -0.2) is 9.55 Å². The summed E-state index contributed by atoms with van der Waals surface area (Å²) >= 11 is 0. The lowest BCUT2D eigenvalue weighted by molar-refractivity contribution is -0.633. The molecule has 0 aliphatic carbocycles. The smallest absolute Gasteiger partial charge is 0.295 e. The first-order valence-electron chi connectivity index (χ1n) is 12.2. The van der Waals surface area contributed by atoms with Crippen molar-refractivity contribution in [2.24, 2.45) is 7.05 Å². The number of hydrogen-bond acceptors (Lipinski definition) is 2. The van der Waals surface area contributed by atoms with Crippen LogP contribution in [0.15, 0.2) is 108 Å². The van der Waals surface area contributed by atoms with Crippen LogP contribution >= 0.6 is 0 Å². The fraction of sp³-hybridized carbons (Fsp3) is 0.0625. The van der Waals surface area contributed by atoms with Crippen molar-refractivity contribution in [1.82, 2.24) is 9.55 Å². The Morgan fingerprint density at radius 1 is 0.784 bits per heavy atom. The average Bonchev–Trinajstić information content (AvgIpc) is 3.42. The van der Waals surface area contributed by atoms with Crippen molar-refractivity contribution in [3.8, 4) is 28.2 Å². The van der Waals surface area contributed by atoms with Gasteiger partial charge in [0, 0.05) is 16.3 Å². The molecule has 37 heavy (non-hydrogen) atoms. The lowest BCUT2D eigenvalue weighted by Crippen LogP contribution is -2.30. The summed E-state index contributed by atoms with van der Waals surface area (Å²) in [5, 5.41) is 1.71. The van der Waals surface area contributed by atoms with E-state index in [-0.39, 0.29) is 0 Å². The molecule has 0 amide bonds. The molecule has 7 rings (SSSR count). The van der Waals surface area contributed by atoms with Gasteiger partial charge in [0.2, 0.25) is 11.7 Å². The molecule has 3 heterocycles. The van der Waals surface area contributed by atoms with Gasteiger partial charge in [0.25, 0.3) is 5.82 Å². The second-order valence-corrected chi connectivity index (χ2v) is 9.34. The zero-order valence-corrected chi connectivity index (χ0v) is 20.4. The zero-order valence-electron chi connectivity index (χ0n) is 20.4. The summed E-state index contributed by atoms with van der Waals surface area (Å²) in [6, 6.07) is 34.7. The Kier molecular flexibility index (Phi) is 4.73. The van der Waals surface area contributed by atoms with Crippen molar-refractivity contribution >= 4 is 33.1 Å². The molecule has 5 heteroatoms. The molecule has 7 aromatic rings. The van der Waals surface area contributed by atoms with Gasteiger partial charge in [-0.1, -0.05) is 60.7 Å². The van der Waals surface area contributed by atoms with Crippen LogP contribution in [0.25, 0.3) is 61.3 Å². The predicted molar refractivity (Wildman–Crippen MR) is 145 cm³/mol. The number of aryl methyl sites for hydroxylation is 2. The second-order valence-electron chi connectivity index (χ2n) is 9.34. The predicted octanol–water partition coefficient (Wildman–Crippen LogP) is 7.53. The SMILES string of the molecule is Cc1cc2oc3nc(F)ccc3c2cc1-c1n(-c2ccccc2-c2ccccc2)c2ccccc2[n+]1C. The van der Waals surface area contributed by atoms with Crippen LogP contribution < -0.4 is 4.57 Å². The Morgan fingerprint density at radius 3 is 2.41 bits per heavy atom. The van der Waals surface area contributed by atoms with Gasteiger partial charge in [-0.3, -0.25) is 0 Å². The topological polar surface area (TPSA) is 34.8 Å². The van der Waals surface area contributed by atoms with E-state index in [0.29, 0.717) is 11.3 Å². The molecule has 4 aromatic carbocycles. The van der Waals surface area contributed by atoms with Crippen LogP contribution in [0.1, 0.15) is 5.56 Å². The van der Waals surface area contributed by atoms with E-state index in [9.17, 15) is 4.39 Å². The molecule has 0 atom stereocenters. The highest BCUT2D eigenvalue weighted by molar-refractivity contribution is 6.05. The molecule has 0 unspecified atom stereocenters. The third-order valence-corrected chi connectivity index (χ3v) is 7.13. The fourth-order valence-electron chi connectivity index (χ4n) is 5.41. The molecule has 178 valence electrons. The van der Waals surface area contributed by atoms with Gasteiger partial charge in [-0.15, -0.1) is 0 Å². The van der Waals surface area contributed by atoms with E-state index < -0.39 is 5.95 Å². The van der Waals surface area contributed by atoms with E-state index in [1.54, 1.807) is 6.07 Å². The number of imidazole rings is 1. The van der Waals surface area contributed by atoms with E-state index in [1.165, 1.54) is 6.07 Å². The molecule has 3 aromatic heterocycles. The Bertz CT molecular complexity index is 1970. The summed E-state index contributed by atoms with van der Waals surface area (Å²) in [5.74, 6) is 0.501. The number of para-hydroxylation sites is 3. The lowest BCUT2D eigenvalue weighted by Gasteiger charge is -2.11. The number of benzene rings is 4. The molecule has 0 saturated carbocycles. The minimum absolute atomic E-state index is 0.311. The van der Waals surface area contributed by atoms with Crippen LogP contribution in [0.4, 0.5) is 4.39 Å². The first-order valence-corrected chi connectivity index (χ1v) is 12.2. The number of furan rings is 1. The van der Waals surface area contributed by atoms with Crippen molar-refractivity contribution in [2.75, 3.05) is 0 Å². The average molecular weight is 485 g/mol. The van der Waals surface area contributed by atoms with E-state index >= 15 is 0 Å². The van der Waals surface area contributed by atoms with Crippen molar-refractivity contribution in [3.05, 3.63) is 115 Å². The van der Waals surface area contributed by atoms with Crippen molar-refractivity contribution < 1.29 is 13.4 Å². The zero-order chi connectivity index (χ0) is 25.1.